The molecule has 2 aromatic carbocycles. The van der Waals surface area contributed by atoms with E-state index < -0.39 is 45.3 Å². The van der Waals surface area contributed by atoms with Crippen LogP contribution in [-0.2, 0) is 42.0 Å². The molecule has 2 aromatic rings. The largest absolute Gasteiger partial charge is 0.480 e. The van der Waals surface area contributed by atoms with Crippen molar-refractivity contribution >= 4 is 51.2 Å². The van der Waals surface area contributed by atoms with Crippen LogP contribution in [0.4, 0.5) is 0 Å². The number of sulfonamides is 1. The Labute approximate surface area is 243 Å². The summed E-state index contributed by atoms with van der Waals surface area (Å²) in [5.41, 5.74) is 6.66. The van der Waals surface area contributed by atoms with Crippen LogP contribution in [0, 0.1) is 0 Å². The molecule has 2 unspecified atom stereocenters. The molecule has 1 saturated heterocycles. The Morgan fingerprint density at radius 2 is 1.71 bits per heavy atom. The molecule has 4 N–H and O–H groups in total. The third kappa shape index (κ3) is 8.72. The molecular formula is C28H34N4O7S2. The predicted molar refractivity (Wildman–Crippen MR) is 156 cm³/mol. The number of carbonyl (C=O) groups excluding carboxylic acids is 3. The van der Waals surface area contributed by atoms with Crippen LogP contribution in [0.2, 0.25) is 0 Å². The van der Waals surface area contributed by atoms with Gasteiger partial charge in [0.1, 0.15) is 17.9 Å². The number of amides is 2. The molecule has 1 aliphatic rings. The lowest BCUT2D eigenvalue weighted by Crippen LogP contribution is -2.53. The van der Waals surface area contributed by atoms with Crippen molar-refractivity contribution in [3.63, 3.8) is 0 Å². The number of nitrogens with zero attached hydrogens (tertiary/aromatic N) is 2. The van der Waals surface area contributed by atoms with Crippen LogP contribution in [0.15, 0.2) is 64.5 Å². The average molecular weight is 603 g/mol. The predicted octanol–water partition coefficient (Wildman–Crippen LogP) is 2.14. The third-order valence-electron chi connectivity index (χ3n) is 6.41. The Bertz CT molecular complexity index is 1390. The molecule has 0 radical (unpaired) electrons. The Hall–Kier alpha value is -3.55. The van der Waals surface area contributed by atoms with Gasteiger partial charge in [-0.25, -0.2) is 18.2 Å². The van der Waals surface area contributed by atoms with E-state index in [0.717, 1.165) is 0 Å². The highest BCUT2D eigenvalue weighted by molar-refractivity contribution is 8.01. The zero-order valence-electron chi connectivity index (χ0n) is 22.9. The number of benzene rings is 2. The van der Waals surface area contributed by atoms with Crippen molar-refractivity contribution in [3.8, 4) is 0 Å². The van der Waals surface area contributed by atoms with Crippen LogP contribution in [0.25, 0.3) is 0 Å². The van der Waals surface area contributed by atoms with Crippen LogP contribution < -0.4 is 11.1 Å². The number of rotatable bonds is 13. The molecule has 41 heavy (non-hydrogen) atoms. The summed E-state index contributed by atoms with van der Waals surface area (Å²) in [7, 11) is -3.99. The minimum atomic E-state index is -3.99. The number of ketones is 1. The van der Waals surface area contributed by atoms with Gasteiger partial charge in [-0.15, -0.1) is 11.8 Å². The molecule has 0 aromatic heterocycles. The number of hydrogen-bond donors (Lipinski definition) is 3. The first-order chi connectivity index (χ1) is 19.4. The van der Waals surface area contributed by atoms with E-state index in [1.165, 1.54) is 35.1 Å². The van der Waals surface area contributed by atoms with Crippen LogP contribution in [0.5, 0.6) is 0 Å². The molecule has 3 rings (SSSR count). The number of Topliss-reactive ketones (excluding diaryl/α,β-unsaturated/α-hetero) is 1. The summed E-state index contributed by atoms with van der Waals surface area (Å²) in [6.07, 6.45) is 0.535. The van der Waals surface area contributed by atoms with Crippen molar-refractivity contribution in [1.82, 2.24) is 9.62 Å². The van der Waals surface area contributed by atoms with Gasteiger partial charge in [0.2, 0.25) is 21.8 Å². The summed E-state index contributed by atoms with van der Waals surface area (Å²) in [5.74, 6) is -2.20. The van der Waals surface area contributed by atoms with Crippen molar-refractivity contribution in [2.24, 2.45) is 10.7 Å². The zero-order valence-corrected chi connectivity index (χ0v) is 24.5. The first-order valence-corrected chi connectivity index (χ1v) is 15.6. The standard InChI is InChI=1S/C28H34N4O7S2/c1-3-26-32(41(38,39)22-7-5-4-6-8-22)24(17-40-26)27(35)31-23(28(36)37)16-20-11-9-19(10-12-20)15-21(33)13-14-25(34)30-18(2)29/h4-12,23-24,26H,3,13-17H2,1-2H3,(H,31,35)(H,36,37)(H2,29,30,34)/t23?,24-,26?/m0/s1. The van der Waals surface area contributed by atoms with Crippen molar-refractivity contribution in [2.75, 3.05) is 5.75 Å². The third-order valence-corrected chi connectivity index (χ3v) is 9.92. The summed E-state index contributed by atoms with van der Waals surface area (Å²) < 4.78 is 28.0. The smallest absolute Gasteiger partial charge is 0.326 e. The van der Waals surface area contributed by atoms with Gasteiger partial charge in [0.05, 0.1) is 16.1 Å². The summed E-state index contributed by atoms with van der Waals surface area (Å²) in [4.78, 5) is 52.8. The SMILES string of the molecule is CCC1SC[C@@H](C(=O)NC(Cc2ccc(CC(=O)CCC(=O)N=C(C)N)cc2)C(=O)O)N1S(=O)(=O)c1ccccc1. The van der Waals surface area contributed by atoms with Crippen LogP contribution in [0.3, 0.4) is 0 Å². The fourth-order valence-electron chi connectivity index (χ4n) is 4.39. The fourth-order valence-corrected chi connectivity index (χ4v) is 7.96. The van der Waals surface area contributed by atoms with Crippen molar-refractivity contribution in [3.05, 3.63) is 65.7 Å². The number of hydrogen-bond acceptors (Lipinski definition) is 7. The van der Waals surface area contributed by atoms with E-state index in [4.69, 9.17) is 5.73 Å². The number of nitrogens with one attached hydrogen (secondary N) is 1. The van der Waals surface area contributed by atoms with Gasteiger partial charge < -0.3 is 16.2 Å². The Balaban J connectivity index is 1.65. The maximum Gasteiger partial charge on any atom is 0.326 e. The molecule has 13 heteroatoms. The average Bonchev–Trinajstić information content (AvgIpc) is 3.38. The minimum Gasteiger partial charge on any atom is -0.480 e. The zero-order chi connectivity index (χ0) is 30.2. The van der Waals surface area contributed by atoms with Gasteiger partial charge in [-0.1, -0.05) is 49.4 Å². The molecule has 0 spiro atoms. The molecule has 1 aliphatic heterocycles. The van der Waals surface area contributed by atoms with Crippen LogP contribution in [0.1, 0.15) is 44.2 Å². The highest BCUT2D eigenvalue weighted by Gasteiger charge is 2.46. The summed E-state index contributed by atoms with van der Waals surface area (Å²) in [6.45, 7) is 3.32. The molecule has 11 nitrogen and oxygen atoms in total. The Morgan fingerprint density at radius 3 is 2.29 bits per heavy atom. The quantitative estimate of drug-likeness (QED) is 0.229. The second-order valence-electron chi connectivity index (χ2n) is 9.64. The molecule has 0 bridgehead atoms. The lowest BCUT2D eigenvalue weighted by molar-refractivity contribution is -0.142. The van der Waals surface area contributed by atoms with E-state index in [2.05, 4.69) is 10.3 Å². The monoisotopic (exact) mass is 602 g/mol. The van der Waals surface area contributed by atoms with Gasteiger partial charge in [-0.05, 0) is 36.6 Å². The maximum atomic E-state index is 13.4. The molecule has 0 saturated carbocycles. The van der Waals surface area contributed by atoms with E-state index >= 15 is 0 Å². The topological polar surface area (TPSA) is 176 Å². The normalized spacial score (nSPS) is 18.5. The van der Waals surface area contributed by atoms with Gasteiger partial charge in [-0.3, -0.25) is 14.4 Å². The van der Waals surface area contributed by atoms with E-state index in [1.807, 2.05) is 6.92 Å². The van der Waals surface area contributed by atoms with E-state index in [-0.39, 0.29) is 48.0 Å². The van der Waals surface area contributed by atoms with Gasteiger partial charge in [0.25, 0.3) is 0 Å². The molecule has 2 amide bonds. The Kier molecular flexibility index (Phi) is 11.2. The number of aliphatic imine (C=N–C) groups is 1. The first kappa shape index (κ1) is 32.0. The summed E-state index contributed by atoms with van der Waals surface area (Å²) in [5, 5.41) is 11.9. The first-order valence-electron chi connectivity index (χ1n) is 13.1. The molecule has 3 atom stereocenters. The summed E-state index contributed by atoms with van der Waals surface area (Å²) in [6, 6.07) is 12.2. The number of thioether (sulfide) groups is 1. The molecule has 1 heterocycles. The molecule has 1 fully saturated rings. The number of aliphatic carboxylic acids is 1. The number of amidine groups is 1. The fraction of sp³-hybridized carbons (Fsp3) is 0.393. The highest BCUT2D eigenvalue weighted by Crippen LogP contribution is 2.36. The number of nitrogens with two attached hydrogens (primary N) is 1. The lowest BCUT2D eigenvalue weighted by Gasteiger charge is -2.28. The second-order valence-corrected chi connectivity index (χ2v) is 12.7. The van der Waals surface area contributed by atoms with Gasteiger partial charge in [0.15, 0.2) is 0 Å². The highest BCUT2D eigenvalue weighted by atomic mass is 32.2. The molecular weight excluding hydrogens is 568 g/mol. The number of carboxylic acids is 1. The van der Waals surface area contributed by atoms with Gasteiger partial charge >= 0.3 is 5.97 Å². The van der Waals surface area contributed by atoms with Crippen molar-refractivity contribution in [1.29, 1.82) is 0 Å². The summed E-state index contributed by atoms with van der Waals surface area (Å²) >= 11 is 1.34. The van der Waals surface area contributed by atoms with Crippen molar-refractivity contribution in [2.45, 2.75) is 68.3 Å². The second kappa shape index (κ2) is 14.4. The van der Waals surface area contributed by atoms with Crippen molar-refractivity contribution < 1.29 is 32.7 Å². The Morgan fingerprint density at radius 1 is 1.07 bits per heavy atom. The van der Waals surface area contributed by atoms with E-state index in [9.17, 15) is 32.7 Å². The number of carboxylic acid groups (broad SMARTS) is 1. The minimum absolute atomic E-state index is 0.0276. The maximum absolute atomic E-state index is 13.4. The van der Waals surface area contributed by atoms with E-state index in [1.54, 1.807) is 42.5 Å². The van der Waals surface area contributed by atoms with Gasteiger partial charge in [0, 0.05) is 31.4 Å². The van der Waals surface area contributed by atoms with Crippen LogP contribution in [-0.4, -0.2) is 70.4 Å². The lowest BCUT2D eigenvalue weighted by atomic mass is 10.0. The van der Waals surface area contributed by atoms with E-state index in [0.29, 0.717) is 17.5 Å². The van der Waals surface area contributed by atoms with Crippen LogP contribution >= 0.6 is 11.8 Å². The number of carbonyl (C=O) groups is 4. The van der Waals surface area contributed by atoms with Gasteiger partial charge in [-0.2, -0.15) is 4.31 Å². The molecule has 220 valence electrons. The molecule has 0 aliphatic carbocycles.